The maximum absolute atomic E-state index is 13.1. The first-order chi connectivity index (χ1) is 15.2. The van der Waals surface area contributed by atoms with Crippen LogP contribution in [0.5, 0.6) is 0 Å². The molecule has 156 valence electrons. The van der Waals surface area contributed by atoms with Crippen molar-refractivity contribution >= 4 is 16.7 Å². The lowest BCUT2D eigenvalue weighted by molar-refractivity contribution is -0.135. The van der Waals surface area contributed by atoms with Crippen LogP contribution >= 0.6 is 0 Å². The number of aromatic amines is 1. The largest absolute Gasteiger partial charge is 0.340 e. The third-order valence-electron chi connectivity index (χ3n) is 5.96. The number of amides is 1. The number of carbonyl (C=O) groups is 1. The molecule has 6 heteroatoms. The number of nitrogens with zero attached hydrogens (tertiary/aromatic N) is 4. The summed E-state index contributed by atoms with van der Waals surface area (Å²) in [5.41, 5.74) is 3.05. The second kappa shape index (κ2) is 8.32. The van der Waals surface area contributed by atoms with Crippen LogP contribution in [0.1, 0.15) is 17.4 Å². The van der Waals surface area contributed by atoms with Crippen LogP contribution in [0, 0.1) is 0 Å². The van der Waals surface area contributed by atoms with Crippen molar-refractivity contribution in [3.8, 4) is 11.3 Å². The van der Waals surface area contributed by atoms with Gasteiger partial charge in [0.2, 0.25) is 5.91 Å². The third kappa shape index (κ3) is 4.07. The minimum atomic E-state index is -0.0918. The van der Waals surface area contributed by atoms with Gasteiger partial charge < -0.3 is 14.8 Å². The number of imidazole rings is 1. The average molecular weight is 412 g/mol. The van der Waals surface area contributed by atoms with Crippen LogP contribution in [-0.4, -0.2) is 57.3 Å². The number of hydrogen-bond acceptors (Lipinski definition) is 4. The molecule has 1 aliphatic heterocycles. The Morgan fingerprint density at radius 1 is 1.06 bits per heavy atom. The quantitative estimate of drug-likeness (QED) is 0.556. The van der Waals surface area contributed by atoms with Crippen molar-refractivity contribution in [3.63, 3.8) is 0 Å². The number of benzene rings is 2. The van der Waals surface area contributed by atoms with Crippen LogP contribution in [0.15, 0.2) is 73.2 Å². The molecule has 1 saturated heterocycles. The van der Waals surface area contributed by atoms with E-state index in [1.54, 1.807) is 6.20 Å². The number of nitrogens with one attached hydrogen (secondary N) is 1. The van der Waals surface area contributed by atoms with E-state index in [4.69, 9.17) is 0 Å². The monoisotopic (exact) mass is 411 g/mol. The van der Waals surface area contributed by atoms with E-state index >= 15 is 0 Å². The van der Waals surface area contributed by atoms with Crippen molar-refractivity contribution in [2.75, 3.05) is 26.7 Å². The molecule has 1 atom stereocenters. The van der Waals surface area contributed by atoms with Crippen LogP contribution < -0.4 is 0 Å². The van der Waals surface area contributed by atoms with Crippen LogP contribution in [0.2, 0.25) is 0 Å². The molecule has 1 unspecified atom stereocenters. The van der Waals surface area contributed by atoms with Gasteiger partial charge in [0.25, 0.3) is 0 Å². The number of pyridine rings is 1. The first-order valence-corrected chi connectivity index (χ1v) is 10.6. The Morgan fingerprint density at radius 2 is 1.94 bits per heavy atom. The summed E-state index contributed by atoms with van der Waals surface area (Å²) in [5, 5.41) is 2.25. The molecular formula is C25H25N5O. The highest BCUT2D eigenvalue weighted by molar-refractivity contribution is 5.86. The standard InChI is InChI=1S/C25H25N5O/c1-29-11-12-30(24(31)13-18-5-3-2-4-6-18)23(17-29)25-27-16-22(28-25)20-8-7-19-9-10-26-15-21(19)14-20/h2-10,14-16,23H,11-13,17H2,1H3,(H,27,28). The summed E-state index contributed by atoms with van der Waals surface area (Å²) in [6, 6.07) is 18.1. The van der Waals surface area contributed by atoms with Gasteiger partial charge in [-0.15, -0.1) is 0 Å². The Morgan fingerprint density at radius 3 is 2.81 bits per heavy atom. The SMILES string of the molecule is CN1CCN(C(=O)Cc2ccccc2)C(c2ncc(-c3ccc4ccncc4c3)[nH]2)C1. The van der Waals surface area contributed by atoms with Gasteiger partial charge in [-0.3, -0.25) is 9.78 Å². The Kier molecular flexibility index (Phi) is 5.22. The molecule has 3 heterocycles. The van der Waals surface area contributed by atoms with Crippen molar-refractivity contribution in [2.45, 2.75) is 12.5 Å². The molecule has 1 N–H and O–H groups in total. The zero-order valence-corrected chi connectivity index (χ0v) is 17.5. The summed E-state index contributed by atoms with van der Waals surface area (Å²) in [6.07, 6.45) is 5.95. The summed E-state index contributed by atoms with van der Waals surface area (Å²) >= 11 is 0. The lowest BCUT2D eigenvalue weighted by Crippen LogP contribution is -2.50. The van der Waals surface area contributed by atoms with Crippen LogP contribution in [0.4, 0.5) is 0 Å². The predicted molar refractivity (Wildman–Crippen MR) is 121 cm³/mol. The number of carbonyl (C=O) groups excluding carboxylic acids is 1. The highest BCUT2D eigenvalue weighted by atomic mass is 16.2. The number of likely N-dealkylation sites (N-methyl/N-ethyl adjacent to an activating group) is 1. The summed E-state index contributed by atoms with van der Waals surface area (Å²) in [4.78, 5) is 29.7. The molecule has 0 spiro atoms. The molecule has 0 saturated carbocycles. The normalized spacial score (nSPS) is 17.2. The van der Waals surface area contributed by atoms with Crippen LogP contribution in [0.25, 0.3) is 22.0 Å². The molecule has 0 bridgehead atoms. The number of rotatable bonds is 4. The molecule has 5 rings (SSSR count). The van der Waals surface area contributed by atoms with Gasteiger partial charge >= 0.3 is 0 Å². The van der Waals surface area contributed by atoms with E-state index in [1.165, 1.54) is 0 Å². The molecule has 1 fully saturated rings. The van der Waals surface area contributed by atoms with Crippen molar-refractivity contribution < 1.29 is 4.79 Å². The van der Waals surface area contributed by atoms with Crippen LogP contribution in [-0.2, 0) is 11.2 Å². The summed E-state index contributed by atoms with van der Waals surface area (Å²) in [7, 11) is 2.09. The Bertz CT molecular complexity index is 1200. The lowest BCUT2D eigenvalue weighted by atomic mass is 10.1. The molecular weight excluding hydrogens is 386 g/mol. The Hall–Kier alpha value is -3.51. The van der Waals surface area contributed by atoms with Crippen LogP contribution in [0.3, 0.4) is 0 Å². The average Bonchev–Trinajstić information content (AvgIpc) is 3.29. The van der Waals surface area contributed by atoms with Gasteiger partial charge in [0.1, 0.15) is 11.9 Å². The first kappa shape index (κ1) is 19.5. The van der Waals surface area contributed by atoms with Gasteiger partial charge in [0, 0.05) is 43.0 Å². The highest BCUT2D eigenvalue weighted by Gasteiger charge is 2.32. The van der Waals surface area contributed by atoms with E-state index in [9.17, 15) is 4.79 Å². The van der Waals surface area contributed by atoms with Gasteiger partial charge in [-0.05, 0) is 30.1 Å². The van der Waals surface area contributed by atoms with E-state index in [1.807, 2.05) is 53.7 Å². The molecule has 4 aromatic rings. The van der Waals surface area contributed by atoms with E-state index in [0.717, 1.165) is 46.5 Å². The zero-order chi connectivity index (χ0) is 21.2. The smallest absolute Gasteiger partial charge is 0.227 e. The Balaban J connectivity index is 1.41. The fraction of sp³-hybridized carbons (Fsp3) is 0.240. The van der Waals surface area contributed by atoms with Crippen molar-refractivity contribution in [1.29, 1.82) is 0 Å². The van der Waals surface area contributed by atoms with E-state index in [-0.39, 0.29) is 11.9 Å². The second-order valence-electron chi connectivity index (χ2n) is 8.15. The van der Waals surface area contributed by atoms with E-state index < -0.39 is 0 Å². The fourth-order valence-electron chi connectivity index (χ4n) is 4.23. The van der Waals surface area contributed by atoms with Crippen molar-refractivity contribution in [3.05, 3.63) is 84.6 Å². The van der Waals surface area contributed by atoms with E-state index in [2.05, 4.69) is 45.1 Å². The number of aromatic nitrogens is 3. The number of H-pyrrole nitrogens is 1. The minimum absolute atomic E-state index is 0.0918. The fourth-order valence-corrected chi connectivity index (χ4v) is 4.23. The summed E-state index contributed by atoms with van der Waals surface area (Å²) in [5.74, 6) is 0.966. The maximum atomic E-state index is 13.1. The van der Waals surface area contributed by atoms with Gasteiger partial charge in [-0.25, -0.2) is 4.98 Å². The van der Waals surface area contributed by atoms with E-state index in [0.29, 0.717) is 13.0 Å². The predicted octanol–water partition coefficient (Wildman–Crippen LogP) is 3.68. The highest BCUT2D eigenvalue weighted by Crippen LogP contribution is 2.28. The molecule has 2 aromatic carbocycles. The lowest BCUT2D eigenvalue weighted by Gasteiger charge is -2.39. The summed E-state index contributed by atoms with van der Waals surface area (Å²) < 4.78 is 0. The van der Waals surface area contributed by atoms with Crippen molar-refractivity contribution in [1.82, 2.24) is 24.8 Å². The minimum Gasteiger partial charge on any atom is -0.340 e. The number of hydrogen-bond donors (Lipinski definition) is 1. The summed E-state index contributed by atoms with van der Waals surface area (Å²) in [6.45, 7) is 2.32. The number of piperazine rings is 1. The molecule has 31 heavy (non-hydrogen) atoms. The molecule has 6 nitrogen and oxygen atoms in total. The Labute approximate surface area is 181 Å². The van der Waals surface area contributed by atoms with Crippen molar-refractivity contribution in [2.24, 2.45) is 0 Å². The molecule has 1 amide bonds. The molecule has 2 aromatic heterocycles. The van der Waals surface area contributed by atoms with Gasteiger partial charge in [0.05, 0.1) is 18.3 Å². The van der Waals surface area contributed by atoms with Gasteiger partial charge in [0.15, 0.2) is 0 Å². The third-order valence-corrected chi connectivity index (χ3v) is 5.96. The number of fused-ring (bicyclic) bond motifs is 1. The second-order valence-corrected chi connectivity index (χ2v) is 8.15. The topological polar surface area (TPSA) is 65.1 Å². The first-order valence-electron chi connectivity index (χ1n) is 10.6. The maximum Gasteiger partial charge on any atom is 0.227 e. The van der Waals surface area contributed by atoms with Gasteiger partial charge in [-0.1, -0.05) is 42.5 Å². The molecule has 0 radical (unpaired) electrons. The molecule has 1 aliphatic rings. The zero-order valence-electron chi connectivity index (χ0n) is 17.5. The van der Waals surface area contributed by atoms with Gasteiger partial charge in [-0.2, -0.15) is 0 Å². The molecule has 0 aliphatic carbocycles.